The van der Waals surface area contributed by atoms with Gasteiger partial charge in [-0.1, -0.05) is 49.4 Å². The molecule has 1 aliphatic rings. The molecule has 37 heavy (non-hydrogen) atoms. The number of amides is 2. The number of rotatable bonds is 10. The van der Waals surface area contributed by atoms with Crippen LogP contribution in [0, 0.1) is 11.7 Å². The second-order valence-corrected chi connectivity index (χ2v) is 11.8. The summed E-state index contributed by atoms with van der Waals surface area (Å²) in [7, 11) is -3.53. The highest BCUT2D eigenvalue weighted by Crippen LogP contribution is 2.41. The molecule has 0 radical (unpaired) electrons. The Balaban J connectivity index is 1.33. The fourth-order valence-corrected chi connectivity index (χ4v) is 5.78. The molecule has 2 N–H and O–H groups in total. The summed E-state index contributed by atoms with van der Waals surface area (Å²) in [4.78, 5) is 25.6. The maximum atomic E-state index is 13.1. The largest absolute Gasteiger partial charge is 0.347 e. The van der Waals surface area contributed by atoms with Crippen LogP contribution in [0.1, 0.15) is 43.7 Å². The van der Waals surface area contributed by atoms with Crippen molar-refractivity contribution in [3.05, 3.63) is 95.8 Å². The summed E-state index contributed by atoms with van der Waals surface area (Å²) in [5.74, 6) is -1.29. The quantitative estimate of drug-likeness (QED) is 0.392. The van der Waals surface area contributed by atoms with Gasteiger partial charge in [0.1, 0.15) is 5.82 Å². The molecule has 0 bridgehead atoms. The number of benzene rings is 3. The van der Waals surface area contributed by atoms with E-state index in [2.05, 4.69) is 10.6 Å². The lowest BCUT2D eigenvalue weighted by Gasteiger charge is -2.43. The number of hydrogen-bond donors (Lipinski definition) is 2. The molecule has 1 unspecified atom stereocenters. The van der Waals surface area contributed by atoms with E-state index in [9.17, 15) is 22.4 Å². The van der Waals surface area contributed by atoms with Gasteiger partial charge >= 0.3 is 0 Å². The number of carbonyl (C=O) groups excluding carboxylic acids is 2. The van der Waals surface area contributed by atoms with Crippen molar-refractivity contribution in [2.45, 2.75) is 49.5 Å². The minimum atomic E-state index is -3.53. The molecule has 8 heteroatoms. The molecule has 1 atom stereocenters. The van der Waals surface area contributed by atoms with Gasteiger partial charge in [0.25, 0.3) is 0 Å². The van der Waals surface area contributed by atoms with Crippen LogP contribution in [0.15, 0.2) is 83.8 Å². The fourth-order valence-electron chi connectivity index (χ4n) is 4.52. The topological polar surface area (TPSA) is 92.3 Å². The first kappa shape index (κ1) is 26.5. The molecular formula is C29H31FN2O4S. The third kappa shape index (κ3) is 6.63. The van der Waals surface area contributed by atoms with Crippen LogP contribution < -0.4 is 10.6 Å². The van der Waals surface area contributed by atoms with Crippen LogP contribution in [0.25, 0.3) is 0 Å². The van der Waals surface area contributed by atoms with Gasteiger partial charge in [-0.25, -0.2) is 12.8 Å². The van der Waals surface area contributed by atoms with Crippen LogP contribution in [0.3, 0.4) is 0 Å². The van der Waals surface area contributed by atoms with E-state index in [1.165, 1.54) is 24.3 Å². The lowest BCUT2D eigenvalue weighted by molar-refractivity contribution is -0.124. The second kappa shape index (κ2) is 11.3. The zero-order chi connectivity index (χ0) is 26.5. The third-order valence-electron chi connectivity index (χ3n) is 6.89. The molecule has 6 nitrogen and oxygen atoms in total. The Kier molecular flexibility index (Phi) is 8.07. The summed E-state index contributed by atoms with van der Waals surface area (Å²) in [5.41, 5.74) is 1.94. The smallest absolute Gasteiger partial charge is 0.227 e. The fraction of sp³-hybridized carbons (Fsp3) is 0.310. The average molecular weight is 523 g/mol. The average Bonchev–Trinajstić information content (AvgIpc) is 2.87. The number of sulfone groups is 1. The van der Waals surface area contributed by atoms with E-state index >= 15 is 0 Å². The zero-order valence-corrected chi connectivity index (χ0v) is 21.6. The van der Waals surface area contributed by atoms with Crippen molar-refractivity contribution in [1.29, 1.82) is 0 Å². The van der Waals surface area contributed by atoms with Crippen LogP contribution in [0.5, 0.6) is 0 Å². The van der Waals surface area contributed by atoms with Crippen LogP contribution in [-0.2, 0) is 31.4 Å². The first-order chi connectivity index (χ1) is 17.7. The van der Waals surface area contributed by atoms with E-state index < -0.39 is 15.4 Å². The lowest BCUT2D eigenvalue weighted by Crippen LogP contribution is -2.51. The Morgan fingerprint density at radius 3 is 2.19 bits per heavy atom. The summed E-state index contributed by atoms with van der Waals surface area (Å²) in [5, 5.41) is 5.98. The van der Waals surface area contributed by atoms with Crippen LogP contribution in [0.2, 0.25) is 0 Å². The Hall–Kier alpha value is -3.52. The maximum Gasteiger partial charge on any atom is 0.227 e. The van der Waals surface area contributed by atoms with Gasteiger partial charge in [-0.2, -0.15) is 0 Å². The van der Waals surface area contributed by atoms with Gasteiger partial charge in [0.15, 0.2) is 9.84 Å². The summed E-state index contributed by atoms with van der Waals surface area (Å²) in [6.45, 7) is 1.82. The molecule has 1 fully saturated rings. The maximum absolute atomic E-state index is 13.1. The predicted octanol–water partition coefficient (Wildman–Crippen LogP) is 5.00. The van der Waals surface area contributed by atoms with Crippen molar-refractivity contribution in [2.75, 3.05) is 11.1 Å². The molecule has 0 saturated heterocycles. The molecule has 0 aliphatic heterocycles. The van der Waals surface area contributed by atoms with Gasteiger partial charge in [-0.3, -0.25) is 9.59 Å². The molecule has 0 aromatic heterocycles. The van der Waals surface area contributed by atoms with Gasteiger partial charge < -0.3 is 10.6 Å². The number of anilines is 1. The molecule has 1 aliphatic carbocycles. The summed E-state index contributed by atoms with van der Waals surface area (Å²) in [6.07, 6.45) is 2.88. The standard InChI is InChI=1S/C29H31FN2O4S/c1-21(20-22-8-12-24(30)13-9-22)28(34)31-25-14-10-23(11-15-25)29(17-5-18-29)32-27(33)16-19-37(35,36)26-6-3-2-4-7-26/h2-4,6-15,21H,5,16-20H2,1H3,(H,31,34)(H,32,33). The number of halogens is 1. The van der Waals surface area contributed by atoms with E-state index in [1.54, 1.807) is 30.3 Å². The van der Waals surface area contributed by atoms with E-state index in [0.717, 1.165) is 30.4 Å². The van der Waals surface area contributed by atoms with E-state index in [4.69, 9.17) is 0 Å². The van der Waals surface area contributed by atoms with Crippen molar-refractivity contribution in [1.82, 2.24) is 5.32 Å². The van der Waals surface area contributed by atoms with Crippen molar-refractivity contribution in [3.63, 3.8) is 0 Å². The number of carbonyl (C=O) groups is 2. The summed E-state index contributed by atoms with van der Waals surface area (Å²) in [6, 6.07) is 21.7. The van der Waals surface area contributed by atoms with E-state index in [1.807, 2.05) is 31.2 Å². The molecule has 3 aromatic rings. The SMILES string of the molecule is CC(Cc1ccc(F)cc1)C(=O)Nc1ccc(C2(NC(=O)CCS(=O)(=O)c3ccccc3)CCC2)cc1. The molecule has 194 valence electrons. The summed E-state index contributed by atoms with van der Waals surface area (Å²) >= 11 is 0. The first-order valence-corrected chi connectivity index (χ1v) is 14.1. The van der Waals surface area contributed by atoms with Gasteiger partial charge in [0, 0.05) is 18.0 Å². The lowest BCUT2D eigenvalue weighted by atomic mass is 9.71. The molecule has 2 amide bonds. The predicted molar refractivity (Wildman–Crippen MR) is 141 cm³/mol. The Morgan fingerprint density at radius 1 is 0.946 bits per heavy atom. The molecule has 0 spiro atoms. The van der Waals surface area contributed by atoms with E-state index in [0.29, 0.717) is 12.1 Å². The van der Waals surface area contributed by atoms with Crippen molar-refractivity contribution in [3.8, 4) is 0 Å². The highest BCUT2D eigenvalue weighted by molar-refractivity contribution is 7.91. The van der Waals surface area contributed by atoms with Crippen molar-refractivity contribution < 1.29 is 22.4 Å². The van der Waals surface area contributed by atoms with Gasteiger partial charge in [0.2, 0.25) is 11.8 Å². The van der Waals surface area contributed by atoms with Crippen LogP contribution in [0.4, 0.5) is 10.1 Å². The molecule has 0 heterocycles. The van der Waals surface area contributed by atoms with Crippen LogP contribution in [-0.4, -0.2) is 26.0 Å². The van der Waals surface area contributed by atoms with Crippen LogP contribution >= 0.6 is 0 Å². The zero-order valence-electron chi connectivity index (χ0n) is 20.7. The number of hydrogen-bond acceptors (Lipinski definition) is 4. The third-order valence-corrected chi connectivity index (χ3v) is 8.63. The monoisotopic (exact) mass is 522 g/mol. The minimum Gasteiger partial charge on any atom is -0.347 e. The highest BCUT2D eigenvalue weighted by atomic mass is 32.2. The number of nitrogens with one attached hydrogen (secondary N) is 2. The van der Waals surface area contributed by atoms with Gasteiger partial charge in [-0.05, 0) is 73.2 Å². The Bertz CT molecular complexity index is 1340. The summed E-state index contributed by atoms with van der Waals surface area (Å²) < 4.78 is 38.1. The second-order valence-electron chi connectivity index (χ2n) is 9.66. The molecule has 3 aromatic carbocycles. The molecule has 1 saturated carbocycles. The van der Waals surface area contributed by atoms with Crippen molar-refractivity contribution in [2.24, 2.45) is 5.92 Å². The highest BCUT2D eigenvalue weighted by Gasteiger charge is 2.40. The van der Waals surface area contributed by atoms with Gasteiger partial charge in [0.05, 0.1) is 16.2 Å². The molecule has 4 rings (SSSR count). The first-order valence-electron chi connectivity index (χ1n) is 12.4. The normalized spacial score (nSPS) is 15.3. The van der Waals surface area contributed by atoms with Gasteiger partial charge in [-0.15, -0.1) is 0 Å². The minimum absolute atomic E-state index is 0.112. The molecular weight excluding hydrogens is 491 g/mol. The Labute approximate surface area is 217 Å². The van der Waals surface area contributed by atoms with E-state index in [-0.39, 0.29) is 40.6 Å². The van der Waals surface area contributed by atoms with Crippen molar-refractivity contribution >= 4 is 27.3 Å². The Morgan fingerprint density at radius 2 is 1.59 bits per heavy atom.